The number of rotatable bonds is 9. The molecule has 0 radical (unpaired) electrons. The van der Waals surface area contributed by atoms with Gasteiger partial charge in [-0.2, -0.15) is 0 Å². The van der Waals surface area contributed by atoms with E-state index in [0.29, 0.717) is 24.0 Å². The molecule has 0 saturated carbocycles. The van der Waals surface area contributed by atoms with Crippen LogP contribution < -0.4 is 0 Å². The number of fused-ring (bicyclic) bond motifs is 2. The van der Waals surface area contributed by atoms with E-state index < -0.39 is 8.07 Å². The summed E-state index contributed by atoms with van der Waals surface area (Å²) in [7, 11) is -1.20. The van der Waals surface area contributed by atoms with E-state index in [2.05, 4.69) is 66.3 Å². The Balaban J connectivity index is 1.34. The van der Waals surface area contributed by atoms with Crippen LogP contribution in [-0.4, -0.2) is 46.2 Å². The van der Waals surface area contributed by atoms with E-state index in [1.807, 2.05) is 59.6 Å². The summed E-state index contributed by atoms with van der Waals surface area (Å²) in [5.74, 6) is 0.0311. The number of nitrogens with zero attached hydrogens (tertiary/aromatic N) is 4. The molecule has 0 saturated heterocycles. The summed E-state index contributed by atoms with van der Waals surface area (Å²) in [5.41, 5.74) is 7.91. The molecular weight excluding hydrogens is 560 g/mol. The molecule has 42 heavy (non-hydrogen) atoms. The minimum absolute atomic E-state index is 0.0311. The number of amides is 1. The molecule has 3 aliphatic rings. The number of carbonyl (C=O) groups excluding carboxylic acids is 1. The zero-order chi connectivity index (χ0) is 29.4. The minimum atomic E-state index is -1.20. The minimum Gasteiger partial charge on any atom is -0.361 e. The van der Waals surface area contributed by atoms with Gasteiger partial charge < -0.3 is 18.8 Å². The summed E-state index contributed by atoms with van der Waals surface area (Å²) < 4.78 is 10.4. The number of ether oxygens (including phenoxy) is 1. The lowest BCUT2D eigenvalue weighted by Crippen LogP contribution is -2.41. The van der Waals surface area contributed by atoms with Crippen LogP contribution in [0, 0.1) is 0 Å². The van der Waals surface area contributed by atoms with Crippen molar-refractivity contribution in [3.63, 3.8) is 0 Å². The third kappa shape index (κ3) is 5.82. The summed E-state index contributed by atoms with van der Waals surface area (Å²) >= 11 is 6.25. The van der Waals surface area contributed by atoms with Crippen LogP contribution in [0.1, 0.15) is 29.0 Å². The van der Waals surface area contributed by atoms with Gasteiger partial charge in [0.25, 0.3) is 5.91 Å². The Morgan fingerprint density at radius 3 is 2.48 bits per heavy atom. The van der Waals surface area contributed by atoms with E-state index in [1.165, 1.54) is 0 Å². The van der Waals surface area contributed by atoms with Crippen molar-refractivity contribution < 1.29 is 9.53 Å². The van der Waals surface area contributed by atoms with Gasteiger partial charge in [-0.3, -0.25) is 9.78 Å². The summed E-state index contributed by atoms with van der Waals surface area (Å²) in [6.07, 6.45) is 6.17. The smallest absolute Gasteiger partial charge is 0.271 e. The summed E-state index contributed by atoms with van der Waals surface area (Å²) in [6, 6.07) is 23.3. The normalized spacial score (nSPS) is 14.4. The molecule has 1 amide bonds. The number of pyridine rings is 1. The number of benzene rings is 2. The van der Waals surface area contributed by atoms with Crippen LogP contribution >= 0.6 is 11.6 Å². The fraction of sp³-hybridized carbons (Fsp3) is 0.294. The fourth-order valence-corrected chi connectivity index (χ4v) is 6.59. The number of aromatic nitrogens is 3. The number of hydrogen-bond acceptors (Lipinski definition) is 3. The van der Waals surface area contributed by atoms with Gasteiger partial charge in [-0.15, -0.1) is 0 Å². The first-order chi connectivity index (χ1) is 20.2. The highest BCUT2D eigenvalue weighted by molar-refractivity contribution is 6.76. The van der Waals surface area contributed by atoms with E-state index >= 15 is 0 Å². The maximum absolute atomic E-state index is 13.7. The second kappa shape index (κ2) is 11.6. The molecule has 0 bridgehead atoms. The molecule has 3 aliphatic heterocycles. The Bertz CT molecular complexity index is 1690. The van der Waals surface area contributed by atoms with Gasteiger partial charge in [0.15, 0.2) is 0 Å². The van der Waals surface area contributed by atoms with Crippen LogP contribution in [0.25, 0.3) is 33.6 Å². The van der Waals surface area contributed by atoms with Crippen molar-refractivity contribution >= 4 is 25.6 Å². The van der Waals surface area contributed by atoms with Crippen molar-refractivity contribution in [1.29, 1.82) is 0 Å². The first-order valence-corrected chi connectivity index (χ1v) is 18.7. The maximum atomic E-state index is 13.7. The van der Waals surface area contributed by atoms with E-state index in [4.69, 9.17) is 21.3 Å². The lowest BCUT2D eigenvalue weighted by Gasteiger charge is -2.33. The van der Waals surface area contributed by atoms with Crippen LogP contribution in [0.4, 0.5) is 0 Å². The van der Waals surface area contributed by atoms with Gasteiger partial charge in [0.1, 0.15) is 12.4 Å². The van der Waals surface area contributed by atoms with Gasteiger partial charge in [-0.05, 0) is 42.8 Å². The van der Waals surface area contributed by atoms with Crippen molar-refractivity contribution in [2.75, 3.05) is 13.2 Å². The molecular formula is C34H37ClN4O2Si. The number of halogens is 1. The highest BCUT2D eigenvalue weighted by Gasteiger charge is 2.30. The molecule has 8 heteroatoms. The Hall–Kier alpha value is -3.65. The molecule has 0 fully saturated rings. The van der Waals surface area contributed by atoms with E-state index in [1.54, 1.807) is 0 Å². The molecule has 1 aromatic heterocycles. The highest BCUT2D eigenvalue weighted by Crippen LogP contribution is 2.38. The quantitative estimate of drug-likeness (QED) is 0.127. The van der Waals surface area contributed by atoms with Crippen LogP contribution in [0.15, 0.2) is 85.3 Å². The molecule has 4 heterocycles. The van der Waals surface area contributed by atoms with Crippen LogP contribution in [0.5, 0.6) is 0 Å². The molecule has 1 atom stereocenters. The fourth-order valence-electron chi connectivity index (χ4n) is 5.63. The third-order valence-electron chi connectivity index (χ3n) is 8.12. The van der Waals surface area contributed by atoms with Gasteiger partial charge in [0.05, 0.1) is 23.6 Å². The monoisotopic (exact) mass is 596 g/mol. The first kappa shape index (κ1) is 28.5. The van der Waals surface area contributed by atoms with Gasteiger partial charge in [0.2, 0.25) is 0 Å². The second-order valence-electron chi connectivity index (χ2n) is 12.4. The lowest BCUT2D eigenvalue weighted by atomic mass is 10.0. The van der Waals surface area contributed by atoms with Gasteiger partial charge in [-0.1, -0.05) is 73.7 Å². The number of hydrogen-bond donors (Lipinski definition) is 0. The molecule has 0 N–H and O–H groups in total. The third-order valence-corrected chi connectivity index (χ3v) is 10.1. The topological polar surface area (TPSA) is 52.3 Å². The summed E-state index contributed by atoms with van der Waals surface area (Å²) in [6.45, 7) is 11.7. The Kier molecular flexibility index (Phi) is 7.83. The molecule has 1 unspecified atom stereocenters. The average molecular weight is 597 g/mol. The molecule has 0 aliphatic carbocycles. The zero-order valence-corrected chi connectivity index (χ0v) is 26.4. The van der Waals surface area contributed by atoms with Crippen LogP contribution in [0.2, 0.25) is 30.7 Å². The Morgan fingerprint density at radius 1 is 0.929 bits per heavy atom. The molecule has 6 rings (SSSR count). The van der Waals surface area contributed by atoms with Crippen molar-refractivity contribution in [3.05, 3.63) is 102 Å². The van der Waals surface area contributed by atoms with Gasteiger partial charge >= 0.3 is 0 Å². The standard InChI is InChI=1S/C34H37ClN4O2Si/c1-24(26-11-8-12-29(35)17-26)39-14-13-37-21-28(19-31(37)34(39)40)27-18-30-32(20-36-33(30)25-9-6-5-7-10-25)38(22-27)23-41-15-16-42(2,3)4/h5-12,17-22,24H,13-16,23H2,1-4H3. The number of carbonyl (C=O) groups is 1. The predicted octanol–water partition coefficient (Wildman–Crippen LogP) is 8.31. The predicted molar refractivity (Wildman–Crippen MR) is 173 cm³/mol. The van der Waals surface area contributed by atoms with Gasteiger partial charge in [0, 0.05) is 67.4 Å². The summed E-state index contributed by atoms with van der Waals surface area (Å²) in [5, 5.41) is 0.680. The molecule has 2 aromatic carbocycles. The van der Waals surface area contributed by atoms with Crippen LogP contribution in [0.3, 0.4) is 0 Å². The highest BCUT2D eigenvalue weighted by atomic mass is 35.5. The molecule has 216 valence electrons. The first-order valence-electron chi connectivity index (χ1n) is 14.6. The van der Waals surface area contributed by atoms with Crippen molar-refractivity contribution in [3.8, 4) is 33.6 Å². The second-order valence-corrected chi connectivity index (χ2v) is 18.4. The van der Waals surface area contributed by atoms with Crippen molar-refractivity contribution in [2.45, 2.75) is 51.9 Å². The van der Waals surface area contributed by atoms with E-state index in [-0.39, 0.29) is 11.9 Å². The van der Waals surface area contributed by atoms with Crippen LogP contribution in [-0.2, 0) is 18.0 Å². The van der Waals surface area contributed by atoms with Gasteiger partial charge in [-0.25, -0.2) is 0 Å². The van der Waals surface area contributed by atoms with Crippen molar-refractivity contribution in [2.24, 2.45) is 0 Å². The summed E-state index contributed by atoms with van der Waals surface area (Å²) in [4.78, 5) is 20.5. The Morgan fingerprint density at radius 2 is 1.71 bits per heavy atom. The van der Waals surface area contributed by atoms with Crippen molar-refractivity contribution in [1.82, 2.24) is 19.0 Å². The molecule has 3 aromatic rings. The average Bonchev–Trinajstić information content (AvgIpc) is 3.60. The maximum Gasteiger partial charge on any atom is 0.271 e. The van der Waals surface area contributed by atoms with E-state index in [0.717, 1.165) is 58.4 Å². The SMILES string of the molecule is CC(c1cccc(Cl)c1)N1CCn2cc(-c3cc4c(-c5ccccc5)ncc-4n(COCC[Si](C)(C)C)c3)cc2C1=O. The Labute approximate surface area is 253 Å². The molecule has 0 spiro atoms. The largest absolute Gasteiger partial charge is 0.361 e. The molecule has 6 nitrogen and oxygen atoms in total. The zero-order valence-electron chi connectivity index (χ0n) is 24.7. The van der Waals surface area contributed by atoms with E-state index in [9.17, 15) is 4.79 Å². The lowest BCUT2D eigenvalue weighted by molar-refractivity contribution is 0.0632.